The number of carbonyl (C=O) groups is 1. The number of carbonyl (C=O) groups excluding carboxylic acids is 1. The Hall–Kier alpha value is -2.14. The Morgan fingerprint density at radius 1 is 1.39 bits per heavy atom. The minimum Gasteiger partial charge on any atom is -0.449 e. The van der Waals surface area contributed by atoms with Crippen LogP contribution in [0.4, 0.5) is 5.69 Å². The molecule has 5 nitrogen and oxygen atoms in total. The lowest BCUT2D eigenvalue weighted by Crippen LogP contribution is -2.32. The molecule has 2 rings (SSSR count). The number of benzene rings is 1. The summed E-state index contributed by atoms with van der Waals surface area (Å²) in [5, 5.41) is 2.72. The second-order valence-electron chi connectivity index (χ2n) is 4.11. The van der Waals surface area contributed by atoms with E-state index in [-0.39, 0.29) is 5.91 Å². The summed E-state index contributed by atoms with van der Waals surface area (Å²) >= 11 is 0. The molecule has 2 aromatic rings. The fourth-order valence-corrected chi connectivity index (χ4v) is 1.48. The number of rotatable bonds is 3. The highest BCUT2D eigenvalue weighted by Crippen LogP contribution is 2.20. The molecule has 1 aromatic carbocycles. The molecule has 5 heteroatoms. The van der Waals surface area contributed by atoms with Crippen LogP contribution in [0.25, 0.3) is 11.3 Å². The van der Waals surface area contributed by atoms with Crippen molar-refractivity contribution in [2.45, 2.75) is 19.9 Å². The molecular weight excluding hydrogens is 230 g/mol. The molecule has 0 bridgehead atoms. The van der Waals surface area contributed by atoms with Crippen LogP contribution in [-0.4, -0.2) is 16.9 Å². The first-order valence-electron chi connectivity index (χ1n) is 5.65. The van der Waals surface area contributed by atoms with Gasteiger partial charge in [0.25, 0.3) is 0 Å². The molecule has 1 heterocycles. The molecule has 1 aromatic heterocycles. The summed E-state index contributed by atoms with van der Waals surface area (Å²) in [5.41, 5.74) is 7.89. The van der Waals surface area contributed by atoms with Crippen LogP contribution in [0.2, 0.25) is 0 Å². The van der Waals surface area contributed by atoms with E-state index in [9.17, 15) is 4.79 Å². The van der Waals surface area contributed by atoms with Crippen LogP contribution < -0.4 is 11.1 Å². The van der Waals surface area contributed by atoms with Crippen molar-refractivity contribution in [2.75, 3.05) is 5.32 Å². The lowest BCUT2D eigenvalue weighted by atomic mass is 10.1. The zero-order valence-corrected chi connectivity index (χ0v) is 10.3. The molecule has 0 aliphatic rings. The molecular formula is C13H15N3O2. The summed E-state index contributed by atoms with van der Waals surface area (Å²) in [7, 11) is 0. The quantitative estimate of drug-likeness (QED) is 0.865. The predicted molar refractivity (Wildman–Crippen MR) is 69.0 cm³/mol. The Morgan fingerprint density at radius 2 is 2.06 bits per heavy atom. The number of hydrogen-bond acceptors (Lipinski definition) is 4. The Kier molecular flexibility index (Phi) is 3.43. The van der Waals surface area contributed by atoms with Crippen molar-refractivity contribution in [2.24, 2.45) is 5.73 Å². The van der Waals surface area contributed by atoms with E-state index in [2.05, 4.69) is 10.3 Å². The molecule has 0 aliphatic carbocycles. The first-order chi connectivity index (χ1) is 8.56. The smallest absolute Gasteiger partial charge is 0.240 e. The van der Waals surface area contributed by atoms with Crippen molar-refractivity contribution in [1.29, 1.82) is 0 Å². The van der Waals surface area contributed by atoms with E-state index in [1.807, 2.05) is 12.1 Å². The molecule has 1 unspecified atom stereocenters. The van der Waals surface area contributed by atoms with Crippen molar-refractivity contribution < 1.29 is 9.21 Å². The van der Waals surface area contributed by atoms with Gasteiger partial charge in [-0.05, 0) is 19.1 Å². The van der Waals surface area contributed by atoms with E-state index in [0.717, 1.165) is 11.3 Å². The highest BCUT2D eigenvalue weighted by Gasteiger charge is 2.08. The maximum Gasteiger partial charge on any atom is 0.240 e. The van der Waals surface area contributed by atoms with Gasteiger partial charge in [-0.1, -0.05) is 12.1 Å². The number of amides is 1. The summed E-state index contributed by atoms with van der Waals surface area (Å²) in [4.78, 5) is 15.6. The zero-order valence-electron chi connectivity index (χ0n) is 10.3. The average Bonchev–Trinajstić information content (AvgIpc) is 2.76. The molecule has 0 saturated heterocycles. The number of nitrogens with one attached hydrogen (secondary N) is 1. The second-order valence-corrected chi connectivity index (χ2v) is 4.11. The molecule has 0 saturated carbocycles. The monoisotopic (exact) mass is 245 g/mol. The standard InChI is InChI=1S/C13H15N3O2/c1-8(14)13(17)16-11-5-3-10(4-6-11)12-7-18-9(2)15-12/h3-8H,14H2,1-2H3,(H,16,17). The summed E-state index contributed by atoms with van der Waals surface area (Å²) < 4.78 is 5.15. The van der Waals surface area contributed by atoms with Gasteiger partial charge in [-0.3, -0.25) is 4.79 Å². The molecule has 0 fully saturated rings. The number of aromatic nitrogens is 1. The largest absolute Gasteiger partial charge is 0.449 e. The zero-order chi connectivity index (χ0) is 13.1. The first-order valence-corrected chi connectivity index (χ1v) is 5.65. The van der Waals surface area contributed by atoms with Gasteiger partial charge < -0.3 is 15.5 Å². The molecule has 0 aliphatic heterocycles. The van der Waals surface area contributed by atoms with Gasteiger partial charge in [0.1, 0.15) is 12.0 Å². The Labute approximate surface area is 105 Å². The van der Waals surface area contributed by atoms with Crippen molar-refractivity contribution in [1.82, 2.24) is 4.98 Å². The maximum atomic E-state index is 11.4. The van der Waals surface area contributed by atoms with Crippen LogP contribution in [0.15, 0.2) is 34.9 Å². The minimum absolute atomic E-state index is 0.208. The van der Waals surface area contributed by atoms with Crippen LogP contribution in [-0.2, 0) is 4.79 Å². The summed E-state index contributed by atoms with van der Waals surface area (Å²) in [6.07, 6.45) is 1.60. The van der Waals surface area contributed by atoms with Crippen LogP contribution in [0.5, 0.6) is 0 Å². The minimum atomic E-state index is -0.525. The lowest BCUT2D eigenvalue weighted by Gasteiger charge is -2.07. The highest BCUT2D eigenvalue weighted by molar-refractivity contribution is 5.94. The topological polar surface area (TPSA) is 81.2 Å². The van der Waals surface area contributed by atoms with Crippen molar-refractivity contribution in [3.63, 3.8) is 0 Å². The maximum absolute atomic E-state index is 11.4. The Balaban J connectivity index is 2.13. The van der Waals surface area contributed by atoms with E-state index in [1.54, 1.807) is 32.2 Å². The van der Waals surface area contributed by atoms with Gasteiger partial charge >= 0.3 is 0 Å². The number of nitrogens with two attached hydrogens (primary N) is 1. The van der Waals surface area contributed by atoms with Gasteiger partial charge in [-0.25, -0.2) is 4.98 Å². The van der Waals surface area contributed by atoms with Crippen LogP contribution in [0.1, 0.15) is 12.8 Å². The average molecular weight is 245 g/mol. The van der Waals surface area contributed by atoms with E-state index >= 15 is 0 Å². The van der Waals surface area contributed by atoms with E-state index in [0.29, 0.717) is 11.6 Å². The third-order valence-electron chi connectivity index (χ3n) is 2.48. The number of anilines is 1. The number of oxazole rings is 1. The lowest BCUT2D eigenvalue weighted by molar-refractivity contribution is -0.117. The third-order valence-corrected chi connectivity index (χ3v) is 2.48. The van der Waals surface area contributed by atoms with Crippen molar-refractivity contribution >= 4 is 11.6 Å². The third kappa shape index (κ3) is 2.75. The van der Waals surface area contributed by atoms with Crippen molar-refractivity contribution in [3.05, 3.63) is 36.4 Å². The van der Waals surface area contributed by atoms with Gasteiger partial charge in [-0.15, -0.1) is 0 Å². The number of aryl methyl sites for hydroxylation is 1. The SMILES string of the molecule is Cc1nc(-c2ccc(NC(=O)C(C)N)cc2)co1. The molecule has 1 amide bonds. The van der Waals surface area contributed by atoms with Gasteiger partial charge in [0, 0.05) is 18.2 Å². The normalized spacial score (nSPS) is 12.2. The molecule has 1 atom stereocenters. The second kappa shape index (κ2) is 5.01. The van der Waals surface area contributed by atoms with Gasteiger partial charge in [0.05, 0.1) is 6.04 Å². The van der Waals surface area contributed by atoms with Crippen LogP contribution in [0.3, 0.4) is 0 Å². The van der Waals surface area contributed by atoms with E-state index in [4.69, 9.17) is 10.2 Å². The molecule has 18 heavy (non-hydrogen) atoms. The molecule has 0 spiro atoms. The van der Waals surface area contributed by atoms with Gasteiger partial charge in [0.15, 0.2) is 5.89 Å². The fourth-order valence-electron chi connectivity index (χ4n) is 1.48. The van der Waals surface area contributed by atoms with Crippen LogP contribution >= 0.6 is 0 Å². The first kappa shape index (κ1) is 12.3. The summed E-state index contributed by atoms with van der Waals surface area (Å²) in [5.74, 6) is 0.416. The molecule has 0 radical (unpaired) electrons. The van der Waals surface area contributed by atoms with Crippen molar-refractivity contribution in [3.8, 4) is 11.3 Å². The Bertz CT molecular complexity index is 544. The van der Waals surface area contributed by atoms with E-state index in [1.165, 1.54) is 0 Å². The summed E-state index contributed by atoms with van der Waals surface area (Å²) in [6.45, 7) is 3.43. The van der Waals surface area contributed by atoms with Crippen LogP contribution in [0, 0.1) is 6.92 Å². The Morgan fingerprint density at radius 3 is 2.56 bits per heavy atom. The van der Waals surface area contributed by atoms with Gasteiger partial charge in [0.2, 0.25) is 5.91 Å². The van der Waals surface area contributed by atoms with E-state index < -0.39 is 6.04 Å². The molecule has 3 N–H and O–H groups in total. The summed E-state index contributed by atoms with van der Waals surface area (Å²) in [6, 6.07) is 6.82. The highest BCUT2D eigenvalue weighted by atomic mass is 16.3. The number of hydrogen-bond donors (Lipinski definition) is 2. The van der Waals surface area contributed by atoms with Gasteiger partial charge in [-0.2, -0.15) is 0 Å². The predicted octanol–water partition coefficient (Wildman–Crippen LogP) is 1.94. The number of nitrogens with zero attached hydrogens (tertiary/aromatic N) is 1. The molecule has 94 valence electrons. The fraction of sp³-hybridized carbons (Fsp3) is 0.231.